The van der Waals surface area contributed by atoms with E-state index in [0.29, 0.717) is 0 Å². The zero-order valence-electron chi connectivity index (χ0n) is 10.4. The lowest BCUT2D eigenvalue weighted by Crippen LogP contribution is -2.23. The highest BCUT2D eigenvalue weighted by Gasteiger charge is 2.11. The molecule has 0 fully saturated rings. The molecule has 0 bridgehead atoms. The fourth-order valence-corrected chi connectivity index (χ4v) is 2.17. The summed E-state index contributed by atoms with van der Waals surface area (Å²) < 4.78 is 0. The van der Waals surface area contributed by atoms with E-state index >= 15 is 0 Å². The molecular weight excluding hydrogens is 216 g/mol. The molecule has 0 spiro atoms. The van der Waals surface area contributed by atoms with E-state index in [2.05, 4.69) is 49.4 Å². The SMILES string of the molecule is CC[C@H](N)c1ccccc1N(C)CCSC. The van der Waals surface area contributed by atoms with Crippen molar-refractivity contribution in [1.82, 2.24) is 0 Å². The van der Waals surface area contributed by atoms with Gasteiger partial charge in [-0.1, -0.05) is 25.1 Å². The van der Waals surface area contributed by atoms with E-state index < -0.39 is 0 Å². The van der Waals surface area contributed by atoms with E-state index in [1.54, 1.807) is 0 Å². The number of thioether (sulfide) groups is 1. The normalized spacial score (nSPS) is 12.5. The number of benzene rings is 1. The molecule has 90 valence electrons. The van der Waals surface area contributed by atoms with Gasteiger partial charge in [-0.3, -0.25) is 0 Å². The Balaban J connectivity index is 2.85. The highest BCUT2D eigenvalue weighted by atomic mass is 32.2. The molecule has 0 unspecified atom stereocenters. The Morgan fingerprint density at radius 1 is 1.38 bits per heavy atom. The van der Waals surface area contributed by atoms with Gasteiger partial charge in [0.15, 0.2) is 0 Å². The van der Waals surface area contributed by atoms with Crippen LogP contribution in [0.2, 0.25) is 0 Å². The van der Waals surface area contributed by atoms with Crippen molar-refractivity contribution in [2.75, 3.05) is 30.5 Å². The summed E-state index contributed by atoms with van der Waals surface area (Å²) in [5.74, 6) is 1.15. The summed E-state index contributed by atoms with van der Waals surface area (Å²) in [6.45, 7) is 3.19. The maximum Gasteiger partial charge on any atom is 0.0412 e. The Labute approximate surface area is 103 Å². The van der Waals surface area contributed by atoms with E-state index in [-0.39, 0.29) is 6.04 Å². The summed E-state index contributed by atoms with van der Waals surface area (Å²) >= 11 is 1.87. The zero-order valence-corrected chi connectivity index (χ0v) is 11.3. The van der Waals surface area contributed by atoms with E-state index in [1.807, 2.05) is 11.8 Å². The predicted molar refractivity (Wildman–Crippen MR) is 75.3 cm³/mol. The largest absolute Gasteiger partial charge is 0.373 e. The lowest BCUT2D eigenvalue weighted by atomic mass is 10.0. The van der Waals surface area contributed by atoms with Crippen LogP contribution in [-0.4, -0.2) is 25.6 Å². The minimum atomic E-state index is 0.146. The first kappa shape index (κ1) is 13.4. The molecule has 3 heteroatoms. The molecule has 0 heterocycles. The topological polar surface area (TPSA) is 29.3 Å². The number of anilines is 1. The average molecular weight is 238 g/mol. The van der Waals surface area contributed by atoms with E-state index in [1.165, 1.54) is 11.3 Å². The van der Waals surface area contributed by atoms with Crippen molar-refractivity contribution in [1.29, 1.82) is 0 Å². The molecule has 0 aliphatic heterocycles. The van der Waals surface area contributed by atoms with Crippen molar-refractivity contribution in [3.05, 3.63) is 29.8 Å². The van der Waals surface area contributed by atoms with Gasteiger partial charge in [-0.25, -0.2) is 0 Å². The maximum atomic E-state index is 6.13. The molecule has 1 aromatic carbocycles. The van der Waals surface area contributed by atoms with Crippen LogP contribution >= 0.6 is 11.8 Å². The average Bonchev–Trinajstić information content (AvgIpc) is 2.35. The molecular formula is C13H22N2S. The minimum absolute atomic E-state index is 0.146. The predicted octanol–water partition coefficient (Wildman–Crippen LogP) is 2.90. The summed E-state index contributed by atoms with van der Waals surface area (Å²) in [4.78, 5) is 2.29. The molecule has 1 aromatic rings. The van der Waals surface area contributed by atoms with Crippen molar-refractivity contribution >= 4 is 17.4 Å². The molecule has 1 atom stereocenters. The van der Waals surface area contributed by atoms with E-state index in [0.717, 1.165) is 18.7 Å². The summed E-state index contributed by atoms with van der Waals surface area (Å²) in [6, 6.07) is 8.59. The third-order valence-corrected chi connectivity index (χ3v) is 3.41. The Hall–Kier alpha value is -0.670. The lowest BCUT2D eigenvalue weighted by Gasteiger charge is -2.24. The van der Waals surface area contributed by atoms with Gasteiger partial charge in [-0.15, -0.1) is 0 Å². The standard InChI is InChI=1S/C13H22N2S/c1-4-12(14)11-7-5-6-8-13(11)15(2)9-10-16-3/h5-8,12H,4,9-10,14H2,1-3H3/t12-/m0/s1. The second-order valence-electron chi connectivity index (χ2n) is 3.99. The molecule has 0 aromatic heterocycles. The van der Waals surface area contributed by atoms with Crippen LogP contribution in [-0.2, 0) is 0 Å². The Morgan fingerprint density at radius 2 is 2.06 bits per heavy atom. The Morgan fingerprint density at radius 3 is 2.69 bits per heavy atom. The van der Waals surface area contributed by atoms with Gasteiger partial charge in [0.2, 0.25) is 0 Å². The zero-order chi connectivity index (χ0) is 12.0. The fourth-order valence-electron chi connectivity index (χ4n) is 1.72. The highest BCUT2D eigenvalue weighted by Crippen LogP contribution is 2.25. The molecule has 2 nitrogen and oxygen atoms in total. The molecule has 1 rings (SSSR count). The molecule has 0 amide bonds. The van der Waals surface area contributed by atoms with Gasteiger partial charge < -0.3 is 10.6 Å². The summed E-state index contributed by atoms with van der Waals surface area (Å²) in [5, 5.41) is 0. The van der Waals surface area contributed by atoms with Crippen LogP contribution in [0.1, 0.15) is 24.9 Å². The van der Waals surface area contributed by atoms with E-state index in [4.69, 9.17) is 5.73 Å². The monoisotopic (exact) mass is 238 g/mol. The second kappa shape index (κ2) is 6.81. The fraction of sp³-hybridized carbons (Fsp3) is 0.538. The first-order valence-corrected chi connectivity index (χ1v) is 7.14. The quantitative estimate of drug-likeness (QED) is 0.826. The van der Waals surface area contributed by atoms with Gasteiger partial charge in [0.05, 0.1) is 0 Å². The highest BCUT2D eigenvalue weighted by molar-refractivity contribution is 7.98. The Bertz CT molecular complexity index is 315. The van der Waals surface area contributed by atoms with Crippen LogP contribution < -0.4 is 10.6 Å². The van der Waals surface area contributed by atoms with Crippen LogP contribution in [0.15, 0.2) is 24.3 Å². The van der Waals surface area contributed by atoms with Gasteiger partial charge in [-0.05, 0) is 24.3 Å². The van der Waals surface area contributed by atoms with Gasteiger partial charge in [0.25, 0.3) is 0 Å². The van der Waals surface area contributed by atoms with Crippen molar-refractivity contribution in [3.8, 4) is 0 Å². The van der Waals surface area contributed by atoms with Gasteiger partial charge in [0, 0.05) is 31.1 Å². The smallest absolute Gasteiger partial charge is 0.0412 e. The van der Waals surface area contributed by atoms with Crippen molar-refractivity contribution in [3.63, 3.8) is 0 Å². The third-order valence-electron chi connectivity index (χ3n) is 2.82. The maximum absolute atomic E-state index is 6.13. The van der Waals surface area contributed by atoms with Crippen molar-refractivity contribution in [2.24, 2.45) is 5.73 Å². The molecule has 0 saturated carbocycles. The second-order valence-corrected chi connectivity index (χ2v) is 4.97. The van der Waals surface area contributed by atoms with Crippen LogP contribution in [0, 0.1) is 0 Å². The molecule has 0 aliphatic carbocycles. The van der Waals surface area contributed by atoms with Gasteiger partial charge >= 0.3 is 0 Å². The lowest BCUT2D eigenvalue weighted by molar-refractivity contribution is 0.695. The molecule has 0 radical (unpaired) electrons. The third kappa shape index (κ3) is 3.42. The Kier molecular flexibility index (Phi) is 5.71. The number of para-hydroxylation sites is 1. The van der Waals surface area contributed by atoms with Gasteiger partial charge in [-0.2, -0.15) is 11.8 Å². The number of nitrogens with two attached hydrogens (primary N) is 1. The first-order chi connectivity index (χ1) is 7.70. The molecule has 0 aliphatic rings. The van der Waals surface area contributed by atoms with Crippen molar-refractivity contribution < 1.29 is 0 Å². The molecule has 16 heavy (non-hydrogen) atoms. The van der Waals surface area contributed by atoms with Crippen molar-refractivity contribution in [2.45, 2.75) is 19.4 Å². The number of hydrogen-bond donors (Lipinski definition) is 1. The van der Waals surface area contributed by atoms with Crippen LogP contribution in [0.25, 0.3) is 0 Å². The summed E-state index contributed by atoms with van der Waals surface area (Å²) in [7, 11) is 2.14. The molecule has 0 saturated heterocycles. The summed E-state index contributed by atoms with van der Waals surface area (Å²) in [5.41, 5.74) is 8.66. The summed E-state index contributed by atoms with van der Waals surface area (Å²) in [6.07, 6.45) is 3.12. The number of hydrogen-bond acceptors (Lipinski definition) is 3. The van der Waals surface area contributed by atoms with Gasteiger partial charge in [0.1, 0.15) is 0 Å². The first-order valence-electron chi connectivity index (χ1n) is 5.75. The van der Waals surface area contributed by atoms with Crippen LogP contribution in [0.4, 0.5) is 5.69 Å². The number of nitrogens with zero attached hydrogens (tertiary/aromatic N) is 1. The van der Waals surface area contributed by atoms with Crippen LogP contribution in [0.5, 0.6) is 0 Å². The molecule has 2 N–H and O–H groups in total. The number of rotatable bonds is 6. The van der Waals surface area contributed by atoms with Crippen LogP contribution in [0.3, 0.4) is 0 Å². The van der Waals surface area contributed by atoms with E-state index in [9.17, 15) is 0 Å². The minimum Gasteiger partial charge on any atom is -0.373 e.